The number of carbonyl (C=O) groups is 2. The molecule has 0 unspecified atom stereocenters. The first-order valence-electron chi connectivity index (χ1n) is 19.2. The summed E-state index contributed by atoms with van der Waals surface area (Å²) in [6, 6.07) is 31.5. The Morgan fingerprint density at radius 2 is 1.21 bits per heavy atom. The standard InChI is InChI=1S/C45H46FN7O3/c1-45(56,34-13-7-8-14-35(34)46)44(55)53-26-10-16-39(53)42-48-28-37(50-42)32-23-19-30(20-24-32)29-17-21-31(22-18-29)36-27-47-41(49-36)38-15-9-25-52(38)43(54)40(51(2)3)33-11-5-4-6-12-33/h4-8,11-14,17-24,27-28,38-40,56H,9-10,15-16,25-26H2,1-3H3,(H,47,49)(H,48,50)/t38-,39-,40+,45-/m0/s1. The van der Waals surface area contributed by atoms with E-state index in [0.717, 1.165) is 64.3 Å². The number of H-pyrrole nitrogens is 2. The second-order valence-corrected chi connectivity index (χ2v) is 15.2. The van der Waals surface area contributed by atoms with Crippen LogP contribution in [-0.4, -0.2) is 78.7 Å². The van der Waals surface area contributed by atoms with Crippen LogP contribution in [0.1, 0.15) is 73.5 Å². The molecule has 0 aliphatic carbocycles. The van der Waals surface area contributed by atoms with Gasteiger partial charge in [0.1, 0.15) is 23.5 Å². The van der Waals surface area contributed by atoms with Gasteiger partial charge >= 0.3 is 0 Å². The van der Waals surface area contributed by atoms with Gasteiger partial charge in [-0.3, -0.25) is 14.5 Å². The Morgan fingerprint density at radius 1 is 0.732 bits per heavy atom. The molecule has 0 bridgehead atoms. The molecule has 2 fully saturated rings. The number of carbonyl (C=O) groups excluding carboxylic acids is 2. The molecule has 8 rings (SSSR count). The van der Waals surface area contributed by atoms with Crippen LogP contribution in [0.25, 0.3) is 33.6 Å². The molecule has 4 aromatic carbocycles. The maximum absolute atomic E-state index is 14.6. The zero-order valence-electron chi connectivity index (χ0n) is 31.8. The van der Waals surface area contributed by atoms with Crippen molar-refractivity contribution in [2.45, 2.75) is 56.3 Å². The Morgan fingerprint density at radius 3 is 1.75 bits per heavy atom. The highest BCUT2D eigenvalue weighted by atomic mass is 19.1. The molecule has 286 valence electrons. The number of rotatable bonds is 10. The Hall–Kier alpha value is -5.91. The Labute approximate surface area is 326 Å². The Kier molecular flexibility index (Phi) is 10.1. The van der Waals surface area contributed by atoms with Crippen molar-refractivity contribution in [2.75, 3.05) is 27.2 Å². The molecule has 3 N–H and O–H groups in total. The fourth-order valence-corrected chi connectivity index (χ4v) is 8.30. The quantitative estimate of drug-likeness (QED) is 0.131. The minimum Gasteiger partial charge on any atom is -0.375 e. The third-order valence-corrected chi connectivity index (χ3v) is 11.3. The third kappa shape index (κ3) is 7.04. The number of hydrogen-bond acceptors (Lipinski definition) is 6. The molecule has 4 heterocycles. The number of aromatic nitrogens is 4. The van der Waals surface area contributed by atoms with E-state index in [1.807, 2.05) is 72.6 Å². The van der Waals surface area contributed by atoms with Gasteiger partial charge in [0.05, 0.1) is 35.9 Å². The van der Waals surface area contributed by atoms with Crippen molar-refractivity contribution < 1.29 is 19.1 Å². The van der Waals surface area contributed by atoms with Gasteiger partial charge in [-0.2, -0.15) is 0 Å². The molecule has 2 saturated heterocycles. The van der Waals surface area contributed by atoms with Gasteiger partial charge in [-0.05, 0) is 80.6 Å². The summed E-state index contributed by atoms with van der Waals surface area (Å²) in [5, 5.41) is 11.2. The Balaban J connectivity index is 0.932. The van der Waals surface area contributed by atoms with E-state index in [2.05, 4.69) is 51.4 Å². The minimum absolute atomic E-state index is 0.0423. The van der Waals surface area contributed by atoms with Crippen molar-refractivity contribution >= 4 is 11.8 Å². The van der Waals surface area contributed by atoms with Crippen LogP contribution in [0, 0.1) is 5.82 Å². The smallest absolute Gasteiger partial charge is 0.259 e. The molecule has 6 aromatic rings. The molecule has 11 heteroatoms. The predicted octanol–water partition coefficient (Wildman–Crippen LogP) is 7.81. The molecule has 2 aromatic heterocycles. The average molecular weight is 752 g/mol. The SMILES string of the molecule is CN(C)[C@@H](C(=O)N1CCC[C@H]1c1ncc(-c2ccc(-c3ccc(-c4cnc([C@@H]5CCCN5C(=O)[C@@](C)(O)c5ccccc5F)[nH]4)cc3)cc2)[nH]1)c1ccccc1. The van der Waals surface area contributed by atoms with E-state index >= 15 is 0 Å². The zero-order valence-corrected chi connectivity index (χ0v) is 31.8. The van der Waals surface area contributed by atoms with Gasteiger partial charge < -0.3 is 24.9 Å². The number of benzene rings is 4. The van der Waals surface area contributed by atoms with E-state index in [1.54, 1.807) is 17.2 Å². The van der Waals surface area contributed by atoms with Crippen LogP contribution >= 0.6 is 0 Å². The van der Waals surface area contributed by atoms with Gasteiger partial charge in [0.2, 0.25) is 5.91 Å². The summed E-state index contributed by atoms with van der Waals surface area (Å²) in [4.78, 5) is 49.3. The largest absolute Gasteiger partial charge is 0.375 e. The molecular formula is C45H46FN7O3. The van der Waals surface area contributed by atoms with E-state index in [1.165, 1.54) is 25.1 Å². The third-order valence-electron chi connectivity index (χ3n) is 11.3. The van der Waals surface area contributed by atoms with E-state index in [9.17, 15) is 19.1 Å². The van der Waals surface area contributed by atoms with Crippen molar-refractivity contribution in [1.29, 1.82) is 0 Å². The van der Waals surface area contributed by atoms with Crippen molar-refractivity contribution in [3.63, 3.8) is 0 Å². The van der Waals surface area contributed by atoms with Gasteiger partial charge in [0.25, 0.3) is 5.91 Å². The number of likely N-dealkylation sites (N-methyl/N-ethyl adjacent to an activating group) is 1. The number of aromatic amines is 2. The monoisotopic (exact) mass is 751 g/mol. The number of hydrogen-bond donors (Lipinski definition) is 3. The molecule has 2 amide bonds. The normalized spacial score (nSPS) is 18.7. The van der Waals surface area contributed by atoms with Crippen LogP contribution in [0.5, 0.6) is 0 Å². The molecule has 2 aliphatic heterocycles. The fourth-order valence-electron chi connectivity index (χ4n) is 8.30. The predicted molar refractivity (Wildman–Crippen MR) is 213 cm³/mol. The molecule has 4 atom stereocenters. The molecule has 2 aliphatic rings. The molecule has 0 spiro atoms. The van der Waals surface area contributed by atoms with Gasteiger partial charge in [-0.25, -0.2) is 14.4 Å². The van der Waals surface area contributed by atoms with E-state index in [4.69, 9.17) is 4.98 Å². The number of nitrogens with zero attached hydrogens (tertiary/aromatic N) is 5. The maximum Gasteiger partial charge on any atom is 0.259 e. The summed E-state index contributed by atoms with van der Waals surface area (Å²) in [5.74, 6) is 0.364. The summed E-state index contributed by atoms with van der Waals surface area (Å²) in [6.45, 7) is 2.50. The summed E-state index contributed by atoms with van der Waals surface area (Å²) < 4.78 is 14.6. The zero-order chi connectivity index (χ0) is 39.0. The highest BCUT2D eigenvalue weighted by Crippen LogP contribution is 2.38. The number of nitrogens with one attached hydrogen (secondary N) is 2. The number of aliphatic hydroxyl groups is 1. The van der Waals surface area contributed by atoms with E-state index in [-0.39, 0.29) is 29.6 Å². The summed E-state index contributed by atoms with van der Waals surface area (Å²) in [5.41, 5.74) is 4.74. The summed E-state index contributed by atoms with van der Waals surface area (Å²) in [7, 11) is 3.89. The molecule has 0 radical (unpaired) electrons. The topological polar surface area (TPSA) is 121 Å². The average Bonchev–Trinajstić information content (AvgIpc) is 4.05. The number of amides is 2. The second-order valence-electron chi connectivity index (χ2n) is 15.2. The van der Waals surface area contributed by atoms with Gasteiger partial charge in [0, 0.05) is 18.7 Å². The van der Waals surface area contributed by atoms with E-state index in [0.29, 0.717) is 25.3 Å². The van der Waals surface area contributed by atoms with Crippen LogP contribution in [0.4, 0.5) is 4.39 Å². The van der Waals surface area contributed by atoms with Gasteiger partial charge in [-0.15, -0.1) is 0 Å². The van der Waals surface area contributed by atoms with Crippen LogP contribution in [0.3, 0.4) is 0 Å². The van der Waals surface area contributed by atoms with Crippen molar-refractivity contribution in [3.8, 4) is 33.6 Å². The number of imidazole rings is 2. The van der Waals surface area contributed by atoms with Crippen molar-refractivity contribution in [2.24, 2.45) is 0 Å². The lowest BCUT2D eigenvalue weighted by Crippen LogP contribution is -2.45. The number of halogens is 1. The lowest BCUT2D eigenvalue weighted by atomic mass is 9.93. The van der Waals surface area contributed by atoms with Gasteiger partial charge in [0.15, 0.2) is 5.60 Å². The van der Waals surface area contributed by atoms with Crippen LogP contribution < -0.4 is 0 Å². The maximum atomic E-state index is 14.6. The van der Waals surface area contributed by atoms with Crippen LogP contribution in [0.2, 0.25) is 0 Å². The summed E-state index contributed by atoms with van der Waals surface area (Å²) >= 11 is 0. The first-order valence-corrected chi connectivity index (χ1v) is 19.2. The summed E-state index contributed by atoms with van der Waals surface area (Å²) in [6.07, 6.45) is 6.84. The molecule has 10 nitrogen and oxygen atoms in total. The molecule has 56 heavy (non-hydrogen) atoms. The van der Waals surface area contributed by atoms with Crippen molar-refractivity contribution in [1.82, 2.24) is 34.6 Å². The van der Waals surface area contributed by atoms with Crippen LogP contribution in [-0.2, 0) is 15.2 Å². The Bertz CT molecular complexity index is 2320. The lowest BCUT2D eigenvalue weighted by Gasteiger charge is -2.31. The molecule has 0 saturated carbocycles. The van der Waals surface area contributed by atoms with Crippen LogP contribution in [0.15, 0.2) is 116 Å². The highest BCUT2D eigenvalue weighted by molar-refractivity contribution is 5.87. The lowest BCUT2D eigenvalue weighted by molar-refractivity contribution is -0.152. The first-order chi connectivity index (χ1) is 27.1. The minimum atomic E-state index is -2.00. The highest BCUT2D eigenvalue weighted by Gasteiger charge is 2.43. The molecular weight excluding hydrogens is 706 g/mol. The second kappa shape index (κ2) is 15.3. The van der Waals surface area contributed by atoms with Crippen molar-refractivity contribution in [3.05, 3.63) is 144 Å². The number of likely N-dealkylation sites (tertiary alicyclic amines) is 2. The van der Waals surface area contributed by atoms with E-state index < -0.39 is 17.3 Å². The first kappa shape index (κ1) is 37.0. The van der Waals surface area contributed by atoms with Gasteiger partial charge in [-0.1, -0.05) is 97.1 Å². The fraction of sp³-hybridized carbons (Fsp3) is 0.289.